The number of benzene rings is 2. The summed E-state index contributed by atoms with van der Waals surface area (Å²) in [6, 6.07) is 13.5. The van der Waals surface area contributed by atoms with Crippen LogP contribution in [0, 0.1) is 0 Å². The molecule has 3 aliphatic heterocycles. The van der Waals surface area contributed by atoms with Crippen LogP contribution in [0.3, 0.4) is 0 Å². The van der Waals surface area contributed by atoms with E-state index in [0.717, 1.165) is 48.7 Å². The van der Waals surface area contributed by atoms with E-state index < -0.39 is 11.9 Å². The molecule has 1 N–H and O–H groups in total. The van der Waals surface area contributed by atoms with Gasteiger partial charge in [-0.1, -0.05) is 36.2 Å². The molecule has 4 aliphatic rings. The Labute approximate surface area is 215 Å². The molecule has 7 nitrogen and oxygen atoms in total. The van der Waals surface area contributed by atoms with Crippen LogP contribution >= 0.6 is 11.6 Å². The number of carbonyl (C=O) groups is 3. The average molecular weight is 508 g/mol. The van der Waals surface area contributed by atoms with E-state index in [1.165, 1.54) is 12.0 Å². The lowest BCUT2D eigenvalue weighted by molar-refractivity contribution is -0.136. The molecule has 3 heterocycles. The predicted octanol–water partition coefficient (Wildman–Crippen LogP) is 3.89. The first-order valence-electron chi connectivity index (χ1n) is 12.9. The highest BCUT2D eigenvalue weighted by molar-refractivity contribution is 6.31. The maximum absolute atomic E-state index is 13.0. The smallest absolute Gasteiger partial charge is 0.255 e. The van der Waals surface area contributed by atoms with Crippen molar-refractivity contribution in [1.82, 2.24) is 15.1 Å². The first-order chi connectivity index (χ1) is 17.5. The van der Waals surface area contributed by atoms with Gasteiger partial charge in [0.15, 0.2) is 0 Å². The van der Waals surface area contributed by atoms with Crippen LogP contribution in [0.15, 0.2) is 42.5 Å². The Hall–Kier alpha value is -2.90. The van der Waals surface area contributed by atoms with Gasteiger partial charge in [0, 0.05) is 48.6 Å². The first kappa shape index (κ1) is 23.5. The Bertz CT molecular complexity index is 1210. The van der Waals surface area contributed by atoms with Gasteiger partial charge in [-0.05, 0) is 61.1 Å². The monoisotopic (exact) mass is 507 g/mol. The highest BCUT2D eigenvalue weighted by Gasteiger charge is 2.41. The normalized spacial score (nSPS) is 27.0. The van der Waals surface area contributed by atoms with E-state index in [-0.39, 0.29) is 24.3 Å². The van der Waals surface area contributed by atoms with Gasteiger partial charge in [0.05, 0.1) is 0 Å². The molecule has 0 bridgehead atoms. The number of hydrogen-bond acceptors (Lipinski definition) is 5. The number of likely N-dealkylation sites (tertiary alicyclic amines) is 1. The fourth-order valence-corrected chi connectivity index (χ4v) is 6.51. The van der Waals surface area contributed by atoms with E-state index in [4.69, 9.17) is 16.3 Å². The SMILES string of the molecule is O=C1CCC(N2Cc3cc(O[C@@H]4CCCC[C@@H]4N4CC(c5ccccc5Cl)C4)ccc3C2=O)C(=O)N1. The third-order valence-electron chi connectivity index (χ3n) is 8.17. The highest BCUT2D eigenvalue weighted by Crippen LogP contribution is 2.38. The van der Waals surface area contributed by atoms with E-state index in [1.54, 1.807) is 4.90 Å². The number of rotatable bonds is 5. The summed E-state index contributed by atoms with van der Waals surface area (Å²) in [6.45, 7) is 2.35. The standard InChI is InChI=1S/C28H30ClN3O4/c29-22-6-2-1-5-20(22)18-14-31(15-18)23-7-3-4-8-25(23)36-19-9-10-21-17(13-19)16-32(28(21)35)24-11-12-26(33)30-27(24)34/h1-2,5-6,9-10,13,18,23-25H,3-4,7-8,11-12,14-16H2,(H,30,33,34)/t23-,24?,25+/m0/s1. The Morgan fingerprint density at radius 2 is 1.78 bits per heavy atom. The summed E-state index contributed by atoms with van der Waals surface area (Å²) < 4.78 is 6.54. The molecule has 2 saturated heterocycles. The molecule has 36 heavy (non-hydrogen) atoms. The van der Waals surface area contributed by atoms with E-state index in [0.29, 0.717) is 30.5 Å². The first-order valence-corrected chi connectivity index (χ1v) is 13.3. The van der Waals surface area contributed by atoms with Crippen LogP contribution in [0.1, 0.15) is 65.9 Å². The minimum absolute atomic E-state index is 0.104. The molecule has 1 saturated carbocycles. The molecule has 6 rings (SSSR count). The Morgan fingerprint density at radius 1 is 0.972 bits per heavy atom. The van der Waals surface area contributed by atoms with Gasteiger partial charge in [-0.2, -0.15) is 0 Å². The molecule has 3 amide bonds. The minimum atomic E-state index is -0.604. The van der Waals surface area contributed by atoms with Gasteiger partial charge >= 0.3 is 0 Å². The van der Waals surface area contributed by atoms with Gasteiger partial charge in [-0.3, -0.25) is 24.6 Å². The number of hydrogen-bond donors (Lipinski definition) is 1. The van der Waals surface area contributed by atoms with Crippen molar-refractivity contribution in [2.24, 2.45) is 0 Å². The van der Waals surface area contributed by atoms with Crippen LogP contribution < -0.4 is 10.1 Å². The van der Waals surface area contributed by atoms with Gasteiger partial charge < -0.3 is 9.64 Å². The summed E-state index contributed by atoms with van der Waals surface area (Å²) >= 11 is 6.42. The molecule has 1 aliphatic carbocycles. The average Bonchev–Trinajstić information content (AvgIpc) is 3.16. The van der Waals surface area contributed by atoms with E-state index in [2.05, 4.69) is 22.3 Å². The number of nitrogens with one attached hydrogen (secondary N) is 1. The quantitative estimate of drug-likeness (QED) is 0.621. The molecule has 0 aromatic heterocycles. The van der Waals surface area contributed by atoms with Gasteiger partial charge in [0.2, 0.25) is 11.8 Å². The van der Waals surface area contributed by atoms with Crippen molar-refractivity contribution in [1.29, 1.82) is 0 Å². The molecule has 0 radical (unpaired) electrons. The Balaban J connectivity index is 1.12. The number of imide groups is 1. The van der Waals surface area contributed by atoms with Crippen molar-refractivity contribution in [2.45, 2.75) is 69.2 Å². The van der Waals surface area contributed by atoms with Crippen LogP contribution in [-0.4, -0.2) is 58.8 Å². The zero-order valence-electron chi connectivity index (χ0n) is 20.1. The predicted molar refractivity (Wildman–Crippen MR) is 135 cm³/mol. The largest absolute Gasteiger partial charge is 0.489 e. The van der Waals surface area contributed by atoms with Crippen molar-refractivity contribution >= 4 is 29.3 Å². The van der Waals surface area contributed by atoms with Crippen molar-refractivity contribution < 1.29 is 19.1 Å². The lowest BCUT2D eigenvalue weighted by Gasteiger charge is -2.48. The van der Waals surface area contributed by atoms with Crippen LogP contribution in [-0.2, 0) is 16.1 Å². The van der Waals surface area contributed by atoms with Crippen molar-refractivity contribution in [2.75, 3.05) is 13.1 Å². The number of ether oxygens (including phenoxy) is 1. The highest BCUT2D eigenvalue weighted by atomic mass is 35.5. The minimum Gasteiger partial charge on any atom is -0.489 e. The van der Waals surface area contributed by atoms with E-state index in [1.807, 2.05) is 30.3 Å². The molecule has 188 valence electrons. The molecule has 2 aromatic rings. The zero-order chi connectivity index (χ0) is 24.8. The molecular formula is C28H30ClN3O4. The number of piperidine rings is 1. The van der Waals surface area contributed by atoms with E-state index >= 15 is 0 Å². The lowest BCUT2D eigenvalue weighted by atomic mass is 9.84. The van der Waals surface area contributed by atoms with Gasteiger partial charge in [-0.25, -0.2) is 0 Å². The third kappa shape index (κ3) is 4.28. The van der Waals surface area contributed by atoms with Crippen LogP contribution in [0.2, 0.25) is 5.02 Å². The molecule has 3 fully saturated rings. The maximum Gasteiger partial charge on any atom is 0.255 e. The number of nitrogens with zero attached hydrogens (tertiary/aromatic N) is 2. The number of amides is 3. The van der Waals surface area contributed by atoms with E-state index in [9.17, 15) is 14.4 Å². The number of fused-ring (bicyclic) bond motifs is 1. The maximum atomic E-state index is 13.0. The fraction of sp³-hybridized carbons (Fsp3) is 0.464. The molecule has 8 heteroatoms. The second-order valence-electron chi connectivity index (χ2n) is 10.4. The van der Waals surface area contributed by atoms with Gasteiger partial charge in [0.25, 0.3) is 5.91 Å². The second-order valence-corrected chi connectivity index (χ2v) is 10.8. The third-order valence-corrected chi connectivity index (χ3v) is 8.52. The topological polar surface area (TPSA) is 79.0 Å². The van der Waals surface area contributed by atoms with Gasteiger partial charge in [-0.15, -0.1) is 0 Å². The summed E-state index contributed by atoms with van der Waals surface area (Å²) in [7, 11) is 0. The van der Waals surface area contributed by atoms with Gasteiger partial charge in [0.1, 0.15) is 17.9 Å². The summed E-state index contributed by atoms with van der Waals surface area (Å²) in [5, 5.41) is 3.20. The second kappa shape index (κ2) is 9.52. The summed E-state index contributed by atoms with van der Waals surface area (Å²) in [5.74, 6) is 0.405. The lowest BCUT2D eigenvalue weighted by Crippen LogP contribution is -2.57. The Morgan fingerprint density at radius 3 is 2.58 bits per heavy atom. The molecule has 1 unspecified atom stereocenters. The van der Waals surface area contributed by atoms with Crippen molar-refractivity contribution in [3.63, 3.8) is 0 Å². The fourth-order valence-electron chi connectivity index (χ4n) is 6.22. The summed E-state index contributed by atoms with van der Waals surface area (Å²) in [4.78, 5) is 40.9. The Kier molecular flexibility index (Phi) is 6.21. The molecule has 2 aromatic carbocycles. The van der Waals surface area contributed by atoms with Crippen LogP contribution in [0.25, 0.3) is 0 Å². The van der Waals surface area contributed by atoms with Crippen molar-refractivity contribution in [3.8, 4) is 5.75 Å². The molecule has 0 spiro atoms. The van der Waals surface area contributed by atoms with Crippen molar-refractivity contribution in [3.05, 3.63) is 64.2 Å². The number of carbonyl (C=O) groups excluding carboxylic acids is 3. The van der Waals surface area contributed by atoms with Crippen LogP contribution in [0.4, 0.5) is 0 Å². The summed E-state index contributed by atoms with van der Waals surface area (Å²) in [5.41, 5.74) is 2.71. The van der Waals surface area contributed by atoms with Crippen LogP contribution in [0.5, 0.6) is 5.75 Å². The molecule has 3 atom stereocenters. The molecular weight excluding hydrogens is 478 g/mol. The number of halogens is 1. The summed E-state index contributed by atoms with van der Waals surface area (Å²) in [6.07, 6.45) is 5.20. The zero-order valence-corrected chi connectivity index (χ0v) is 20.9.